The highest BCUT2D eigenvalue weighted by Crippen LogP contribution is 2.37. The lowest BCUT2D eigenvalue weighted by Crippen LogP contribution is -2.30. The van der Waals surface area contributed by atoms with Crippen molar-refractivity contribution >= 4 is 12.4 Å². The minimum Gasteiger partial charge on any atom is -0.494 e. The zero-order chi connectivity index (χ0) is 13.2. The van der Waals surface area contributed by atoms with Gasteiger partial charge in [0.05, 0.1) is 6.61 Å². The van der Waals surface area contributed by atoms with Gasteiger partial charge in [0.15, 0.2) is 0 Å². The molecule has 3 nitrogen and oxygen atoms in total. The first kappa shape index (κ1) is 15.6. The predicted octanol–water partition coefficient (Wildman–Crippen LogP) is 2.68. The Kier molecular flexibility index (Phi) is 5.30. The van der Waals surface area contributed by atoms with Gasteiger partial charge in [-0.3, -0.25) is 4.90 Å². The van der Waals surface area contributed by atoms with Crippen LogP contribution in [0.4, 0.5) is 0 Å². The zero-order valence-corrected chi connectivity index (χ0v) is 12.9. The summed E-state index contributed by atoms with van der Waals surface area (Å²) in [4.78, 5) is 2.55. The van der Waals surface area contributed by atoms with E-state index in [-0.39, 0.29) is 12.4 Å². The lowest BCUT2D eigenvalue weighted by atomic mass is 9.98. The summed E-state index contributed by atoms with van der Waals surface area (Å²) in [6.45, 7) is 6.17. The third-order valence-electron chi connectivity index (χ3n) is 4.60. The molecule has 4 heteroatoms. The van der Waals surface area contributed by atoms with Crippen molar-refractivity contribution in [2.45, 2.75) is 32.4 Å². The van der Waals surface area contributed by atoms with Crippen LogP contribution in [0.15, 0.2) is 24.3 Å². The van der Waals surface area contributed by atoms with E-state index >= 15 is 0 Å². The third-order valence-corrected chi connectivity index (χ3v) is 4.60. The summed E-state index contributed by atoms with van der Waals surface area (Å²) < 4.78 is 5.56. The van der Waals surface area contributed by atoms with Gasteiger partial charge in [0.1, 0.15) is 5.75 Å². The molecule has 3 rings (SSSR count). The molecule has 0 bridgehead atoms. The fourth-order valence-electron chi connectivity index (χ4n) is 3.69. The van der Waals surface area contributed by atoms with Crippen molar-refractivity contribution in [1.29, 1.82) is 0 Å². The fourth-order valence-corrected chi connectivity index (χ4v) is 3.69. The summed E-state index contributed by atoms with van der Waals surface area (Å²) in [6.07, 6.45) is 2.55. The Hall–Kier alpha value is -0.770. The van der Waals surface area contributed by atoms with Crippen LogP contribution in [0.1, 0.15) is 25.3 Å². The molecule has 3 atom stereocenters. The van der Waals surface area contributed by atoms with Gasteiger partial charge < -0.3 is 10.5 Å². The molecule has 2 fully saturated rings. The van der Waals surface area contributed by atoms with Crippen molar-refractivity contribution in [3.63, 3.8) is 0 Å². The van der Waals surface area contributed by atoms with Crippen molar-refractivity contribution < 1.29 is 4.74 Å². The summed E-state index contributed by atoms with van der Waals surface area (Å²) >= 11 is 0. The van der Waals surface area contributed by atoms with E-state index in [9.17, 15) is 0 Å². The van der Waals surface area contributed by atoms with E-state index in [0.717, 1.165) is 30.7 Å². The number of hydrogen-bond donors (Lipinski definition) is 1. The molecular formula is C16H25ClN2O. The van der Waals surface area contributed by atoms with Crippen LogP contribution >= 0.6 is 12.4 Å². The van der Waals surface area contributed by atoms with Gasteiger partial charge in [-0.15, -0.1) is 12.4 Å². The Morgan fingerprint density at radius 2 is 2.15 bits per heavy atom. The molecule has 2 N–H and O–H groups in total. The molecule has 20 heavy (non-hydrogen) atoms. The van der Waals surface area contributed by atoms with Crippen LogP contribution in [-0.4, -0.2) is 30.6 Å². The lowest BCUT2D eigenvalue weighted by molar-refractivity contribution is 0.296. The van der Waals surface area contributed by atoms with Crippen LogP contribution in [0.3, 0.4) is 0 Å². The zero-order valence-electron chi connectivity index (χ0n) is 12.1. The van der Waals surface area contributed by atoms with Crippen molar-refractivity contribution in [2.24, 2.45) is 17.6 Å². The lowest BCUT2D eigenvalue weighted by Gasteiger charge is -2.18. The quantitative estimate of drug-likeness (QED) is 0.928. The van der Waals surface area contributed by atoms with Crippen LogP contribution < -0.4 is 10.5 Å². The molecule has 1 aliphatic carbocycles. The minimum absolute atomic E-state index is 0. The van der Waals surface area contributed by atoms with Gasteiger partial charge in [-0.2, -0.15) is 0 Å². The number of benzene rings is 1. The number of halogens is 1. The van der Waals surface area contributed by atoms with E-state index in [2.05, 4.69) is 23.1 Å². The van der Waals surface area contributed by atoms with E-state index in [1.165, 1.54) is 31.5 Å². The maximum atomic E-state index is 6.19. The first-order valence-corrected chi connectivity index (χ1v) is 7.46. The molecule has 2 aliphatic rings. The second kappa shape index (κ2) is 6.79. The second-order valence-electron chi connectivity index (χ2n) is 5.94. The topological polar surface area (TPSA) is 38.5 Å². The maximum absolute atomic E-state index is 6.19. The van der Waals surface area contributed by atoms with Crippen molar-refractivity contribution in [3.8, 4) is 5.75 Å². The molecule has 112 valence electrons. The predicted molar refractivity (Wildman–Crippen MR) is 84.3 cm³/mol. The van der Waals surface area contributed by atoms with Gasteiger partial charge in [-0.1, -0.05) is 12.1 Å². The van der Waals surface area contributed by atoms with Gasteiger partial charge in [0.25, 0.3) is 0 Å². The Balaban J connectivity index is 0.00000147. The van der Waals surface area contributed by atoms with E-state index < -0.39 is 0 Å². The van der Waals surface area contributed by atoms with Crippen molar-refractivity contribution in [1.82, 2.24) is 4.90 Å². The van der Waals surface area contributed by atoms with E-state index in [1.54, 1.807) is 0 Å². The number of nitrogens with two attached hydrogens (primary N) is 1. The highest BCUT2D eigenvalue weighted by molar-refractivity contribution is 5.85. The number of rotatable bonds is 4. The normalized spacial score (nSPS) is 29.0. The largest absolute Gasteiger partial charge is 0.494 e. The standard InChI is InChI=1S/C16H24N2O.ClH/c1-2-19-14-5-3-4-12(8-14)9-18-10-13-6-7-16(17)15(13)11-18;/h3-5,8,13,15-16H,2,6-7,9-11,17H2,1H3;1H. The molecule has 3 unspecified atom stereocenters. The van der Waals surface area contributed by atoms with Crippen LogP contribution in [0.25, 0.3) is 0 Å². The molecule has 0 aromatic heterocycles. The summed E-state index contributed by atoms with van der Waals surface area (Å²) in [5, 5.41) is 0. The molecular weight excluding hydrogens is 272 g/mol. The van der Waals surface area contributed by atoms with Gasteiger partial charge in [-0.25, -0.2) is 0 Å². The molecule has 1 aliphatic heterocycles. The maximum Gasteiger partial charge on any atom is 0.119 e. The summed E-state index contributed by atoms with van der Waals surface area (Å²) in [6, 6.07) is 8.91. The number of ether oxygens (including phenoxy) is 1. The average Bonchev–Trinajstić information content (AvgIpc) is 2.93. The van der Waals surface area contributed by atoms with Gasteiger partial charge in [0.2, 0.25) is 0 Å². The number of likely N-dealkylation sites (tertiary alicyclic amines) is 1. The monoisotopic (exact) mass is 296 g/mol. The smallest absolute Gasteiger partial charge is 0.119 e. The van der Waals surface area contributed by atoms with Crippen molar-refractivity contribution in [3.05, 3.63) is 29.8 Å². The molecule has 1 saturated heterocycles. The number of fused-ring (bicyclic) bond motifs is 1. The Labute approximate surface area is 127 Å². The molecule has 1 aromatic rings. The SMILES string of the molecule is CCOc1cccc(CN2CC3CCC(N)C3C2)c1.Cl. The van der Waals surface area contributed by atoms with Crippen LogP contribution in [0, 0.1) is 11.8 Å². The van der Waals surface area contributed by atoms with Gasteiger partial charge >= 0.3 is 0 Å². The summed E-state index contributed by atoms with van der Waals surface area (Å²) in [5.74, 6) is 2.55. The molecule has 0 radical (unpaired) electrons. The van der Waals surface area contributed by atoms with Crippen molar-refractivity contribution in [2.75, 3.05) is 19.7 Å². The minimum atomic E-state index is 0. The summed E-state index contributed by atoms with van der Waals surface area (Å²) in [7, 11) is 0. The highest BCUT2D eigenvalue weighted by Gasteiger charge is 2.40. The fraction of sp³-hybridized carbons (Fsp3) is 0.625. The van der Waals surface area contributed by atoms with Gasteiger partial charge in [-0.05, 0) is 49.3 Å². The van der Waals surface area contributed by atoms with E-state index in [4.69, 9.17) is 10.5 Å². The molecule has 1 aromatic carbocycles. The van der Waals surface area contributed by atoms with E-state index in [0.29, 0.717) is 6.04 Å². The Bertz CT molecular complexity index is 440. The molecule has 1 heterocycles. The van der Waals surface area contributed by atoms with E-state index in [1.807, 2.05) is 13.0 Å². The summed E-state index contributed by atoms with van der Waals surface area (Å²) in [5.41, 5.74) is 7.54. The molecule has 0 spiro atoms. The second-order valence-corrected chi connectivity index (χ2v) is 5.94. The Morgan fingerprint density at radius 3 is 2.90 bits per heavy atom. The first-order valence-electron chi connectivity index (χ1n) is 7.46. The van der Waals surface area contributed by atoms with Crippen LogP contribution in [-0.2, 0) is 6.54 Å². The van der Waals surface area contributed by atoms with Gasteiger partial charge in [0, 0.05) is 25.7 Å². The average molecular weight is 297 g/mol. The highest BCUT2D eigenvalue weighted by atomic mass is 35.5. The number of nitrogens with zero attached hydrogens (tertiary/aromatic N) is 1. The molecule has 1 saturated carbocycles. The molecule has 0 amide bonds. The van der Waals surface area contributed by atoms with Crippen LogP contribution in [0.5, 0.6) is 5.75 Å². The third kappa shape index (κ3) is 3.27. The Morgan fingerprint density at radius 1 is 1.30 bits per heavy atom. The first-order chi connectivity index (χ1) is 9.26. The van der Waals surface area contributed by atoms with Crippen LogP contribution in [0.2, 0.25) is 0 Å². The number of hydrogen-bond acceptors (Lipinski definition) is 3.